The van der Waals surface area contributed by atoms with Gasteiger partial charge in [-0.05, 0) is 25.7 Å². The molecule has 7 nitrogen and oxygen atoms in total. The van der Waals surface area contributed by atoms with Gasteiger partial charge in [0, 0.05) is 36.3 Å². The van der Waals surface area contributed by atoms with Crippen molar-refractivity contribution < 1.29 is 24.6 Å². The Morgan fingerprint density at radius 1 is 1.27 bits per heavy atom. The van der Waals surface area contributed by atoms with Crippen molar-refractivity contribution >= 4 is 45.5 Å². The molecule has 186 valence electrons. The van der Waals surface area contributed by atoms with E-state index in [4.69, 9.17) is 5.11 Å². The van der Waals surface area contributed by atoms with Gasteiger partial charge in [-0.15, -0.1) is 18.3 Å². The van der Waals surface area contributed by atoms with E-state index in [1.165, 1.54) is 0 Å². The molecule has 3 rings (SSSR count). The Bertz CT molecular complexity index is 752. The van der Waals surface area contributed by atoms with Crippen LogP contribution >= 0.6 is 27.7 Å². The fraction of sp³-hybridized carbons (Fsp3) is 0.792. The molecule has 0 aromatic heterocycles. The summed E-state index contributed by atoms with van der Waals surface area (Å²) < 4.78 is -0.703. The fourth-order valence-corrected chi connectivity index (χ4v) is 9.45. The average molecular weight is 546 g/mol. The molecule has 0 aromatic carbocycles. The Hall–Kier alpha value is -1.06. The lowest BCUT2D eigenvalue weighted by Crippen LogP contribution is -2.55. The van der Waals surface area contributed by atoms with Crippen LogP contribution in [0.1, 0.15) is 58.3 Å². The fourth-order valence-electron chi connectivity index (χ4n) is 5.85. The van der Waals surface area contributed by atoms with Crippen molar-refractivity contribution in [3.05, 3.63) is 12.7 Å². The molecule has 0 aromatic rings. The molecule has 9 heteroatoms. The maximum Gasteiger partial charge on any atom is 0.308 e. The predicted octanol–water partition coefficient (Wildman–Crippen LogP) is 3.29. The molecule has 3 aliphatic heterocycles. The van der Waals surface area contributed by atoms with Crippen molar-refractivity contribution in [2.75, 3.05) is 26.2 Å². The van der Waals surface area contributed by atoms with Crippen LogP contribution in [0.4, 0.5) is 0 Å². The Morgan fingerprint density at radius 3 is 2.64 bits per heavy atom. The highest BCUT2D eigenvalue weighted by molar-refractivity contribution is 9.09. The minimum atomic E-state index is -0.946. The van der Waals surface area contributed by atoms with Gasteiger partial charge in [0.15, 0.2) is 0 Å². The number of hydrogen-bond acceptors (Lipinski definition) is 5. The van der Waals surface area contributed by atoms with Crippen molar-refractivity contribution in [2.45, 2.75) is 79.2 Å². The lowest BCUT2D eigenvalue weighted by molar-refractivity contribution is -0.148. The summed E-state index contributed by atoms with van der Waals surface area (Å²) in [5.41, 5.74) is 0. The molecule has 0 radical (unpaired) electrons. The number of nitrogens with zero attached hydrogens (tertiary/aromatic N) is 2. The first kappa shape index (κ1) is 26.5. The molecule has 6 atom stereocenters. The van der Waals surface area contributed by atoms with Gasteiger partial charge in [0.05, 0.1) is 16.6 Å². The summed E-state index contributed by atoms with van der Waals surface area (Å²) in [6.07, 6.45) is 8.48. The van der Waals surface area contributed by atoms with E-state index in [0.717, 1.165) is 44.9 Å². The van der Waals surface area contributed by atoms with Gasteiger partial charge in [-0.3, -0.25) is 14.4 Å². The van der Waals surface area contributed by atoms with E-state index in [2.05, 4.69) is 29.4 Å². The third kappa shape index (κ3) is 5.01. The topological polar surface area (TPSA) is 98.2 Å². The number of carbonyl (C=O) groups is 3. The summed E-state index contributed by atoms with van der Waals surface area (Å²) in [5.74, 6) is -2.63. The van der Waals surface area contributed by atoms with Crippen molar-refractivity contribution in [3.8, 4) is 0 Å². The highest BCUT2D eigenvalue weighted by atomic mass is 79.9. The zero-order valence-corrected chi connectivity index (χ0v) is 21.9. The van der Waals surface area contributed by atoms with E-state index in [1.54, 1.807) is 22.7 Å². The van der Waals surface area contributed by atoms with Gasteiger partial charge in [-0.25, -0.2) is 0 Å². The largest absolute Gasteiger partial charge is 0.481 e. The maximum absolute atomic E-state index is 14.0. The quantitative estimate of drug-likeness (QED) is 0.198. The van der Waals surface area contributed by atoms with E-state index in [-0.39, 0.29) is 28.5 Å². The number of alkyl halides is 1. The zero-order valence-electron chi connectivity index (χ0n) is 19.5. The Morgan fingerprint density at radius 2 is 2.00 bits per heavy atom. The molecule has 3 fully saturated rings. The molecule has 1 spiro atoms. The minimum Gasteiger partial charge on any atom is -0.481 e. The maximum atomic E-state index is 14.0. The smallest absolute Gasteiger partial charge is 0.308 e. The second-order valence-electron chi connectivity index (χ2n) is 9.45. The molecule has 2 bridgehead atoms. The number of fused-ring (bicyclic) bond motifs is 1. The number of hydrogen-bond donors (Lipinski definition) is 2. The van der Waals surface area contributed by atoms with Crippen molar-refractivity contribution in [3.63, 3.8) is 0 Å². The van der Waals surface area contributed by atoms with Gasteiger partial charge in [-0.2, -0.15) is 0 Å². The first-order valence-corrected chi connectivity index (χ1v) is 14.0. The van der Waals surface area contributed by atoms with Gasteiger partial charge >= 0.3 is 5.97 Å². The van der Waals surface area contributed by atoms with Crippen LogP contribution in [0.2, 0.25) is 0 Å². The molecule has 2 amide bonds. The molecule has 3 aliphatic rings. The summed E-state index contributed by atoms with van der Waals surface area (Å²) in [6, 6.07) is -0.645. The Labute approximate surface area is 209 Å². The van der Waals surface area contributed by atoms with Crippen LogP contribution in [0.3, 0.4) is 0 Å². The SMILES string of the molecule is C=CCN(CCCCC)C(=O)C1N(CCCCCCO)C(=O)[C@@H]2[C@H](C(=O)O)[C@H]3SC12CC3Br. The van der Waals surface area contributed by atoms with Crippen LogP contribution in [0.5, 0.6) is 0 Å². The van der Waals surface area contributed by atoms with Crippen LogP contribution < -0.4 is 0 Å². The van der Waals surface area contributed by atoms with E-state index in [1.807, 2.05) is 4.90 Å². The minimum absolute atomic E-state index is 0.0274. The lowest BCUT2D eigenvalue weighted by Gasteiger charge is -2.37. The first-order chi connectivity index (χ1) is 15.8. The van der Waals surface area contributed by atoms with E-state index in [9.17, 15) is 19.5 Å². The molecule has 2 N–H and O–H groups in total. The summed E-state index contributed by atoms with van der Waals surface area (Å²) in [6.45, 7) is 7.57. The highest BCUT2D eigenvalue weighted by Gasteiger charge is 2.75. The molecule has 3 unspecified atom stereocenters. The molecular weight excluding hydrogens is 508 g/mol. The number of likely N-dealkylation sites (tertiary alicyclic amines) is 1. The van der Waals surface area contributed by atoms with Crippen LogP contribution in [-0.4, -0.2) is 84.9 Å². The van der Waals surface area contributed by atoms with Gasteiger partial charge < -0.3 is 20.0 Å². The normalized spacial score (nSPS) is 32.3. The summed E-state index contributed by atoms with van der Waals surface area (Å²) in [4.78, 5) is 43.4. The average Bonchev–Trinajstić information content (AvgIpc) is 3.36. The number of thioether (sulfide) groups is 1. The van der Waals surface area contributed by atoms with Gasteiger partial charge in [0.25, 0.3) is 0 Å². The monoisotopic (exact) mass is 544 g/mol. The van der Waals surface area contributed by atoms with Crippen LogP contribution in [0, 0.1) is 11.8 Å². The standard InChI is InChI=1S/C24H37BrN2O5S/c1-3-5-8-12-26(11-4-2)22(30)20-24-15-16(25)19(33-24)17(23(31)32)18(24)21(29)27(20)13-9-6-7-10-14-28/h4,16-20,28H,2-3,5-15H2,1H3,(H,31,32)/t16?,17-,18-,19-,20?,24?/m0/s1. The Balaban J connectivity index is 1.91. The number of aliphatic hydroxyl groups excluding tert-OH is 1. The Kier molecular flexibility index (Phi) is 9.31. The first-order valence-electron chi connectivity index (χ1n) is 12.2. The second-order valence-corrected chi connectivity index (χ2v) is 12.2. The third-order valence-electron chi connectivity index (χ3n) is 7.31. The zero-order chi connectivity index (χ0) is 24.2. The summed E-state index contributed by atoms with van der Waals surface area (Å²) >= 11 is 5.23. The van der Waals surface area contributed by atoms with Crippen LogP contribution in [-0.2, 0) is 14.4 Å². The number of halogens is 1. The third-order valence-corrected chi connectivity index (χ3v) is 10.5. The number of amides is 2. The number of carboxylic acid groups (broad SMARTS) is 1. The van der Waals surface area contributed by atoms with Crippen LogP contribution in [0.25, 0.3) is 0 Å². The molecule has 33 heavy (non-hydrogen) atoms. The van der Waals surface area contributed by atoms with E-state index >= 15 is 0 Å². The summed E-state index contributed by atoms with van der Waals surface area (Å²) in [7, 11) is 0. The molecular formula is C24H37BrN2O5S. The predicted molar refractivity (Wildman–Crippen MR) is 133 cm³/mol. The molecule has 0 aliphatic carbocycles. The molecule has 3 saturated heterocycles. The summed E-state index contributed by atoms with van der Waals surface area (Å²) in [5, 5.41) is 18.8. The molecule has 0 saturated carbocycles. The van der Waals surface area contributed by atoms with E-state index in [0.29, 0.717) is 26.1 Å². The lowest BCUT2D eigenvalue weighted by atomic mass is 9.71. The van der Waals surface area contributed by atoms with Crippen LogP contribution in [0.15, 0.2) is 12.7 Å². The number of aliphatic hydroxyl groups is 1. The molecule has 3 heterocycles. The van der Waals surface area contributed by atoms with Crippen molar-refractivity contribution in [1.82, 2.24) is 9.80 Å². The number of unbranched alkanes of at least 4 members (excludes halogenated alkanes) is 5. The van der Waals surface area contributed by atoms with Gasteiger partial charge in [-0.1, -0.05) is 54.6 Å². The second kappa shape index (κ2) is 11.6. The van der Waals surface area contributed by atoms with E-state index < -0.39 is 28.6 Å². The van der Waals surface area contributed by atoms with Crippen molar-refractivity contribution in [2.24, 2.45) is 11.8 Å². The van der Waals surface area contributed by atoms with Crippen molar-refractivity contribution in [1.29, 1.82) is 0 Å². The number of aliphatic carboxylic acids is 1. The van der Waals surface area contributed by atoms with Gasteiger partial charge in [0.2, 0.25) is 11.8 Å². The number of rotatable bonds is 14. The van der Waals surface area contributed by atoms with Gasteiger partial charge in [0.1, 0.15) is 6.04 Å². The number of carboxylic acids is 1. The highest BCUT2D eigenvalue weighted by Crippen LogP contribution is 2.67. The number of carbonyl (C=O) groups excluding carboxylic acids is 2.